The Morgan fingerprint density at radius 3 is 2.73 bits per heavy atom. The second kappa shape index (κ2) is 8.00. The smallest absolute Gasteiger partial charge is 0.271 e. The van der Waals surface area contributed by atoms with Crippen LogP contribution in [-0.2, 0) is 0 Å². The van der Waals surface area contributed by atoms with Crippen LogP contribution in [0.25, 0.3) is 0 Å². The van der Waals surface area contributed by atoms with Crippen molar-refractivity contribution in [3.8, 4) is 5.75 Å². The number of amides is 1. The van der Waals surface area contributed by atoms with Crippen LogP contribution >= 0.6 is 11.6 Å². The number of rotatable bonds is 6. The summed E-state index contributed by atoms with van der Waals surface area (Å²) >= 11 is 5.87. The van der Waals surface area contributed by atoms with Gasteiger partial charge in [0.2, 0.25) is 0 Å². The third-order valence-corrected chi connectivity index (χ3v) is 2.95. The number of hydrazone groups is 1. The molecule has 0 saturated heterocycles. The molecule has 0 aliphatic heterocycles. The van der Waals surface area contributed by atoms with Gasteiger partial charge in [-0.25, -0.2) is 5.43 Å². The average Bonchev–Trinajstić information content (AvgIpc) is 2.53. The van der Waals surface area contributed by atoms with Gasteiger partial charge in [-0.05, 0) is 42.0 Å². The minimum atomic E-state index is -0.298. The van der Waals surface area contributed by atoms with Gasteiger partial charge >= 0.3 is 0 Å². The number of ether oxygens (including phenoxy) is 1. The van der Waals surface area contributed by atoms with Gasteiger partial charge < -0.3 is 4.74 Å². The van der Waals surface area contributed by atoms with Gasteiger partial charge in [-0.1, -0.05) is 36.4 Å². The topological polar surface area (TPSA) is 50.7 Å². The molecule has 0 atom stereocenters. The molecule has 5 heteroatoms. The van der Waals surface area contributed by atoms with E-state index >= 15 is 0 Å². The summed E-state index contributed by atoms with van der Waals surface area (Å²) in [6.07, 6.45) is 3.19. The molecule has 2 aromatic rings. The molecule has 0 radical (unpaired) electrons. The molecule has 0 heterocycles. The molecule has 112 valence electrons. The quantitative estimate of drug-likeness (QED) is 0.502. The molecular formula is C17H15ClN2O2. The summed E-state index contributed by atoms with van der Waals surface area (Å²) in [6, 6.07) is 14.0. The summed E-state index contributed by atoms with van der Waals surface area (Å²) in [6.45, 7) is 4.00. The van der Waals surface area contributed by atoms with Crippen LogP contribution in [0, 0.1) is 0 Å². The Kier molecular flexibility index (Phi) is 5.74. The first kappa shape index (κ1) is 15.8. The minimum absolute atomic E-state index is 0.298. The van der Waals surface area contributed by atoms with Crippen molar-refractivity contribution >= 4 is 23.7 Å². The molecule has 1 N–H and O–H groups in total. The highest BCUT2D eigenvalue weighted by Gasteiger charge is 2.04. The number of benzene rings is 2. The van der Waals surface area contributed by atoms with E-state index in [9.17, 15) is 4.79 Å². The third-order valence-electron chi connectivity index (χ3n) is 2.71. The van der Waals surface area contributed by atoms with Gasteiger partial charge in [0.15, 0.2) is 0 Å². The maximum absolute atomic E-state index is 11.9. The maximum Gasteiger partial charge on any atom is 0.271 e. The van der Waals surface area contributed by atoms with Crippen LogP contribution in [0.2, 0.25) is 5.02 Å². The summed E-state index contributed by atoms with van der Waals surface area (Å²) in [5.74, 6) is 0.382. The molecule has 22 heavy (non-hydrogen) atoms. The van der Waals surface area contributed by atoms with Gasteiger partial charge in [0.25, 0.3) is 5.91 Å². The number of halogens is 1. The first-order valence-corrected chi connectivity index (χ1v) is 6.99. The Bertz CT molecular complexity index is 681. The molecule has 0 spiro atoms. The SMILES string of the molecule is C=CCOc1ccc(C(=O)NN=Cc2cccc(Cl)c2)cc1. The van der Waals surface area contributed by atoms with Crippen molar-refractivity contribution in [3.05, 3.63) is 77.3 Å². The average molecular weight is 315 g/mol. The number of hydrogen-bond donors (Lipinski definition) is 1. The molecule has 0 aliphatic carbocycles. The molecule has 0 aliphatic rings. The summed E-state index contributed by atoms with van der Waals surface area (Å²) < 4.78 is 5.35. The summed E-state index contributed by atoms with van der Waals surface area (Å²) in [7, 11) is 0. The van der Waals surface area contributed by atoms with Crippen molar-refractivity contribution in [1.29, 1.82) is 0 Å². The Morgan fingerprint density at radius 1 is 1.27 bits per heavy atom. The summed E-state index contributed by atoms with van der Waals surface area (Å²) in [5.41, 5.74) is 3.76. The highest BCUT2D eigenvalue weighted by Crippen LogP contribution is 2.12. The summed E-state index contributed by atoms with van der Waals surface area (Å²) in [5, 5.41) is 4.52. The highest BCUT2D eigenvalue weighted by molar-refractivity contribution is 6.30. The Morgan fingerprint density at radius 2 is 2.05 bits per heavy atom. The zero-order valence-electron chi connectivity index (χ0n) is 11.8. The van der Waals surface area contributed by atoms with E-state index in [1.807, 2.05) is 12.1 Å². The Labute approximate surface area is 134 Å². The monoisotopic (exact) mass is 314 g/mol. The molecule has 0 unspecified atom stereocenters. The first-order chi connectivity index (χ1) is 10.7. The normalized spacial score (nSPS) is 10.4. The van der Waals surface area contributed by atoms with E-state index in [0.717, 1.165) is 5.56 Å². The zero-order chi connectivity index (χ0) is 15.8. The van der Waals surface area contributed by atoms with Crippen LogP contribution in [0.1, 0.15) is 15.9 Å². The molecule has 0 fully saturated rings. The van der Waals surface area contributed by atoms with Crippen molar-refractivity contribution in [2.45, 2.75) is 0 Å². The number of carbonyl (C=O) groups excluding carboxylic acids is 1. The van der Waals surface area contributed by atoms with Crippen LogP contribution < -0.4 is 10.2 Å². The Hall–Kier alpha value is -2.59. The molecule has 0 saturated carbocycles. The lowest BCUT2D eigenvalue weighted by molar-refractivity contribution is 0.0955. The highest BCUT2D eigenvalue weighted by atomic mass is 35.5. The van der Waals surface area contributed by atoms with Crippen LogP contribution in [0.15, 0.2) is 66.3 Å². The molecule has 1 amide bonds. The van der Waals surface area contributed by atoms with Gasteiger partial charge in [-0.15, -0.1) is 0 Å². The van der Waals surface area contributed by atoms with Crippen molar-refractivity contribution in [3.63, 3.8) is 0 Å². The lowest BCUT2D eigenvalue weighted by Crippen LogP contribution is -2.17. The van der Waals surface area contributed by atoms with E-state index in [1.54, 1.807) is 42.5 Å². The van der Waals surface area contributed by atoms with Gasteiger partial charge in [-0.3, -0.25) is 4.79 Å². The van der Waals surface area contributed by atoms with Crippen molar-refractivity contribution in [2.75, 3.05) is 6.61 Å². The predicted molar refractivity (Wildman–Crippen MR) is 88.6 cm³/mol. The second-order valence-corrected chi connectivity index (χ2v) is 4.81. The van der Waals surface area contributed by atoms with Gasteiger partial charge in [-0.2, -0.15) is 5.10 Å². The second-order valence-electron chi connectivity index (χ2n) is 4.38. The summed E-state index contributed by atoms with van der Waals surface area (Å²) in [4.78, 5) is 11.9. The largest absolute Gasteiger partial charge is 0.490 e. The molecule has 2 rings (SSSR count). The molecule has 0 bridgehead atoms. The molecule has 2 aromatic carbocycles. The molecular weight excluding hydrogens is 300 g/mol. The van der Waals surface area contributed by atoms with Gasteiger partial charge in [0.05, 0.1) is 6.21 Å². The third kappa shape index (κ3) is 4.75. The van der Waals surface area contributed by atoms with Gasteiger partial charge in [0.1, 0.15) is 12.4 Å². The fourth-order valence-electron chi connectivity index (χ4n) is 1.67. The maximum atomic E-state index is 11.9. The van der Waals surface area contributed by atoms with Crippen LogP contribution in [0.5, 0.6) is 5.75 Å². The van der Waals surface area contributed by atoms with Crippen molar-refractivity contribution in [1.82, 2.24) is 5.43 Å². The van der Waals surface area contributed by atoms with Gasteiger partial charge in [0, 0.05) is 10.6 Å². The molecule has 0 aromatic heterocycles. The molecule has 4 nitrogen and oxygen atoms in total. The fraction of sp³-hybridized carbons (Fsp3) is 0.0588. The van der Waals surface area contributed by atoms with Crippen LogP contribution in [0.3, 0.4) is 0 Å². The van der Waals surface area contributed by atoms with Crippen molar-refractivity contribution < 1.29 is 9.53 Å². The van der Waals surface area contributed by atoms with E-state index in [1.165, 1.54) is 6.21 Å². The number of hydrogen-bond acceptors (Lipinski definition) is 3. The standard InChI is InChI=1S/C17H15ClN2O2/c1-2-10-22-16-8-6-14(7-9-16)17(21)20-19-12-13-4-3-5-15(18)11-13/h2-9,11-12H,1,10H2,(H,20,21). The lowest BCUT2D eigenvalue weighted by Gasteiger charge is -2.04. The number of carbonyl (C=O) groups is 1. The van der Waals surface area contributed by atoms with E-state index in [2.05, 4.69) is 17.1 Å². The van der Waals surface area contributed by atoms with E-state index < -0.39 is 0 Å². The Balaban J connectivity index is 1.93. The van der Waals surface area contributed by atoms with Crippen LogP contribution in [0.4, 0.5) is 0 Å². The minimum Gasteiger partial charge on any atom is -0.490 e. The first-order valence-electron chi connectivity index (χ1n) is 6.62. The van der Waals surface area contributed by atoms with E-state index in [4.69, 9.17) is 16.3 Å². The zero-order valence-corrected chi connectivity index (χ0v) is 12.6. The predicted octanol–water partition coefficient (Wildman–Crippen LogP) is 3.67. The van der Waals surface area contributed by atoms with Crippen LogP contribution in [-0.4, -0.2) is 18.7 Å². The fourth-order valence-corrected chi connectivity index (χ4v) is 1.87. The lowest BCUT2D eigenvalue weighted by atomic mass is 10.2. The van der Waals surface area contributed by atoms with Crippen molar-refractivity contribution in [2.24, 2.45) is 5.10 Å². The van der Waals surface area contributed by atoms with E-state index in [-0.39, 0.29) is 5.91 Å². The van der Waals surface area contributed by atoms with E-state index in [0.29, 0.717) is 22.9 Å². The number of nitrogens with one attached hydrogen (secondary N) is 1. The number of nitrogens with zero attached hydrogens (tertiary/aromatic N) is 1.